The van der Waals surface area contributed by atoms with E-state index < -0.39 is 0 Å². The Kier molecular flexibility index (Phi) is 6.63. The molecule has 3 heterocycles. The number of likely N-dealkylation sites (tertiary alicyclic amines) is 1. The molecule has 8 heteroatoms. The lowest BCUT2D eigenvalue weighted by Crippen LogP contribution is -2.33. The van der Waals surface area contributed by atoms with Crippen molar-refractivity contribution >= 4 is 17.7 Å². The van der Waals surface area contributed by atoms with E-state index in [9.17, 15) is 4.79 Å². The van der Waals surface area contributed by atoms with E-state index >= 15 is 0 Å². The van der Waals surface area contributed by atoms with Gasteiger partial charge in [-0.2, -0.15) is 0 Å². The lowest BCUT2D eigenvalue weighted by molar-refractivity contribution is -0.128. The van der Waals surface area contributed by atoms with Crippen molar-refractivity contribution in [2.45, 2.75) is 30.8 Å². The highest BCUT2D eigenvalue weighted by molar-refractivity contribution is 7.99. The van der Waals surface area contributed by atoms with Crippen molar-refractivity contribution in [1.82, 2.24) is 24.6 Å². The zero-order chi connectivity index (χ0) is 20.8. The maximum absolute atomic E-state index is 12.8. The summed E-state index contributed by atoms with van der Waals surface area (Å²) in [5.74, 6) is 1.93. The van der Waals surface area contributed by atoms with Gasteiger partial charge in [0.05, 0.1) is 18.6 Å². The molecule has 0 bridgehead atoms. The number of methoxy groups -OCH3 is 1. The molecule has 2 aromatic heterocycles. The first-order chi connectivity index (χ1) is 14.8. The van der Waals surface area contributed by atoms with Gasteiger partial charge in [0.25, 0.3) is 0 Å². The summed E-state index contributed by atoms with van der Waals surface area (Å²) < 4.78 is 7.35. The number of carbonyl (C=O) groups excluding carboxylic acids is 1. The number of thioether (sulfide) groups is 1. The van der Waals surface area contributed by atoms with Crippen LogP contribution in [0.1, 0.15) is 25.7 Å². The average Bonchev–Trinajstić information content (AvgIpc) is 3.03. The molecule has 1 aliphatic rings. The summed E-state index contributed by atoms with van der Waals surface area (Å²) in [6, 6.07) is 11.6. The molecule has 156 valence electrons. The number of pyridine rings is 1. The second kappa shape index (κ2) is 9.75. The van der Waals surface area contributed by atoms with Crippen LogP contribution >= 0.6 is 11.8 Å². The molecule has 1 saturated heterocycles. The molecule has 1 aromatic carbocycles. The number of amides is 1. The van der Waals surface area contributed by atoms with Crippen molar-refractivity contribution < 1.29 is 9.53 Å². The number of hydrogen-bond donors (Lipinski definition) is 0. The van der Waals surface area contributed by atoms with Crippen molar-refractivity contribution in [3.63, 3.8) is 0 Å². The molecule has 0 spiro atoms. The second-order valence-electron chi connectivity index (χ2n) is 7.17. The highest BCUT2D eigenvalue weighted by atomic mass is 32.2. The summed E-state index contributed by atoms with van der Waals surface area (Å²) in [5, 5.41) is 9.48. The van der Waals surface area contributed by atoms with E-state index in [0.717, 1.165) is 42.9 Å². The summed E-state index contributed by atoms with van der Waals surface area (Å²) in [5.41, 5.74) is 1.74. The Morgan fingerprint density at radius 3 is 2.67 bits per heavy atom. The van der Waals surface area contributed by atoms with Gasteiger partial charge in [0.1, 0.15) is 5.75 Å². The fourth-order valence-electron chi connectivity index (χ4n) is 3.57. The first-order valence-corrected chi connectivity index (χ1v) is 11.2. The van der Waals surface area contributed by atoms with Crippen LogP contribution in [0.25, 0.3) is 17.1 Å². The van der Waals surface area contributed by atoms with Crippen LogP contribution in [0.4, 0.5) is 0 Å². The third-order valence-corrected chi connectivity index (χ3v) is 6.06. The van der Waals surface area contributed by atoms with Crippen LogP contribution in [0.5, 0.6) is 5.75 Å². The molecule has 1 amide bonds. The monoisotopic (exact) mass is 423 g/mol. The van der Waals surface area contributed by atoms with Gasteiger partial charge in [-0.25, -0.2) is 0 Å². The summed E-state index contributed by atoms with van der Waals surface area (Å²) in [4.78, 5) is 19.0. The zero-order valence-electron chi connectivity index (χ0n) is 17.0. The Labute approximate surface area is 180 Å². The molecule has 0 atom stereocenters. The molecule has 0 radical (unpaired) electrons. The molecule has 0 aliphatic carbocycles. The normalized spacial score (nSPS) is 14.4. The number of benzene rings is 1. The van der Waals surface area contributed by atoms with Crippen LogP contribution in [-0.4, -0.2) is 56.5 Å². The smallest absolute Gasteiger partial charge is 0.233 e. The fraction of sp³-hybridized carbons (Fsp3) is 0.364. The van der Waals surface area contributed by atoms with E-state index in [-0.39, 0.29) is 5.91 Å². The van der Waals surface area contributed by atoms with Gasteiger partial charge in [-0.05, 0) is 37.1 Å². The molecule has 1 aliphatic heterocycles. The van der Waals surface area contributed by atoms with E-state index in [1.54, 1.807) is 19.5 Å². The van der Waals surface area contributed by atoms with Gasteiger partial charge in [0, 0.05) is 37.1 Å². The van der Waals surface area contributed by atoms with Crippen molar-refractivity contribution in [3.05, 3.63) is 48.8 Å². The summed E-state index contributed by atoms with van der Waals surface area (Å²) >= 11 is 1.42. The molecule has 1 fully saturated rings. The Morgan fingerprint density at radius 1 is 1.10 bits per heavy atom. The van der Waals surface area contributed by atoms with E-state index in [1.807, 2.05) is 45.9 Å². The van der Waals surface area contributed by atoms with Crippen LogP contribution in [-0.2, 0) is 4.79 Å². The maximum Gasteiger partial charge on any atom is 0.233 e. The molecule has 3 aromatic rings. The van der Waals surface area contributed by atoms with Crippen molar-refractivity contribution in [2.75, 3.05) is 26.0 Å². The predicted molar refractivity (Wildman–Crippen MR) is 117 cm³/mol. The molecule has 0 saturated carbocycles. The highest BCUT2D eigenvalue weighted by Gasteiger charge is 2.20. The zero-order valence-corrected chi connectivity index (χ0v) is 17.8. The third kappa shape index (κ3) is 4.64. The largest absolute Gasteiger partial charge is 0.497 e. The van der Waals surface area contributed by atoms with E-state index in [4.69, 9.17) is 4.74 Å². The number of rotatable bonds is 6. The Hall–Kier alpha value is -2.87. The minimum Gasteiger partial charge on any atom is -0.497 e. The fourth-order valence-corrected chi connectivity index (χ4v) is 4.42. The maximum atomic E-state index is 12.8. The molecular formula is C22H25N5O2S. The van der Waals surface area contributed by atoms with E-state index in [0.29, 0.717) is 16.7 Å². The third-order valence-electron chi connectivity index (χ3n) is 5.15. The quantitative estimate of drug-likeness (QED) is 0.561. The van der Waals surface area contributed by atoms with Crippen LogP contribution in [0.2, 0.25) is 0 Å². The Bertz CT molecular complexity index is 984. The second-order valence-corrected chi connectivity index (χ2v) is 8.11. The van der Waals surface area contributed by atoms with Gasteiger partial charge >= 0.3 is 0 Å². The average molecular weight is 424 g/mol. The van der Waals surface area contributed by atoms with Gasteiger partial charge in [0.2, 0.25) is 5.91 Å². The van der Waals surface area contributed by atoms with Gasteiger partial charge in [-0.1, -0.05) is 30.7 Å². The SMILES string of the molecule is COc1cccc(-n2c(SCC(=O)N3CCCCCC3)nnc2-c2cccnc2)c1. The summed E-state index contributed by atoms with van der Waals surface area (Å²) in [6.07, 6.45) is 8.07. The highest BCUT2D eigenvalue weighted by Crippen LogP contribution is 2.29. The first-order valence-electron chi connectivity index (χ1n) is 10.2. The van der Waals surface area contributed by atoms with Gasteiger partial charge in [-0.3, -0.25) is 14.3 Å². The van der Waals surface area contributed by atoms with Crippen LogP contribution in [0.3, 0.4) is 0 Å². The van der Waals surface area contributed by atoms with Gasteiger partial charge in [-0.15, -0.1) is 10.2 Å². The summed E-state index contributed by atoms with van der Waals surface area (Å²) in [6.45, 7) is 1.70. The van der Waals surface area contributed by atoms with Crippen LogP contribution < -0.4 is 4.74 Å². The number of hydrogen-bond acceptors (Lipinski definition) is 6. The number of ether oxygens (including phenoxy) is 1. The standard InChI is InChI=1S/C22H25N5O2S/c1-29-19-10-6-9-18(14-19)27-21(17-8-7-11-23-15-17)24-25-22(27)30-16-20(28)26-12-4-2-3-5-13-26/h6-11,14-15H,2-5,12-13,16H2,1H3. The molecular weight excluding hydrogens is 398 g/mol. The first kappa shape index (κ1) is 20.4. The Balaban J connectivity index is 1.62. The molecule has 7 nitrogen and oxygen atoms in total. The van der Waals surface area contributed by atoms with Crippen molar-refractivity contribution in [3.8, 4) is 22.8 Å². The minimum absolute atomic E-state index is 0.157. The topological polar surface area (TPSA) is 73.1 Å². The molecule has 0 N–H and O–H groups in total. The van der Waals surface area contributed by atoms with E-state index in [1.165, 1.54) is 24.6 Å². The minimum atomic E-state index is 0.157. The number of nitrogens with zero attached hydrogens (tertiary/aromatic N) is 5. The van der Waals surface area contributed by atoms with E-state index in [2.05, 4.69) is 15.2 Å². The van der Waals surface area contributed by atoms with Crippen molar-refractivity contribution in [2.24, 2.45) is 0 Å². The molecule has 4 rings (SSSR count). The summed E-state index contributed by atoms with van der Waals surface area (Å²) in [7, 11) is 1.64. The van der Waals surface area contributed by atoms with Crippen molar-refractivity contribution in [1.29, 1.82) is 0 Å². The van der Waals surface area contributed by atoms with Crippen LogP contribution in [0.15, 0.2) is 53.9 Å². The number of carbonyl (C=O) groups is 1. The predicted octanol–water partition coefficient (Wildman–Crippen LogP) is 3.83. The molecule has 30 heavy (non-hydrogen) atoms. The molecule has 0 unspecified atom stereocenters. The number of aromatic nitrogens is 4. The lowest BCUT2D eigenvalue weighted by Gasteiger charge is -2.20. The lowest BCUT2D eigenvalue weighted by atomic mass is 10.2. The van der Waals surface area contributed by atoms with Crippen LogP contribution in [0, 0.1) is 0 Å². The van der Waals surface area contributed by atoms with Gasteiger partial charge < -0.3 is 9.64 Å². The van der Waals surface area contributed by atoms with Gasteiger partial charge in [0.15, 0.2) is 11.0 Å². The Morgan fingerprint density at radius 2 is 1.93 bits per heavy atom.